The second-order valence-corrected chi connectivity index (χ2v) is 9.09. The summed E-state index contributed by atoms with van der Waals surface area (Å²) < 4.78 is 5.12. The van der Waals surface area contributed by atoms with Crippen LogP contribution in [0.25, 0.3) is 0 Å². The SMILES string of the molecule is CC1=C(/C=C/C(C)=C/C=C/C(C)=C/C(=O)NCCOC(=O)c2cccnc2)C(C)(C)CCC1. The van der Waals surface area contributed by atoms with Crippen LogP contribution in [-0.4, -0.2) is 30.0 Å². The van der Waals surface area contributed by atoms with Crippen LogP contribution in [0.5, 0.6) is 0 Å². The number of hydrogen-bond donors (Lipinski definition) is 1. The van der Waals surface area contributed by atoms with Gasteiger partial charge in [0, 0.05) is 18.5 Å². The number of amides is 1. The number of carbonyl (C=O) groups excluding carboxylic acids is 2. The lowest BCUT2D eigenvalue weighted by atomic mass is 9.72. The summed E-state index contributed by atoms with van der Waals surface area (Å²) in [5.74, 6) is -0.682. The Kier molecular flexibility index (Phi) is 10.0. The number of aromatic nitrogens is 1. The molecule has 0 atom stereocenters. The van der Waals surface area contributed by atoms with Crippen molar-refractivity contribution in [2.24, 2.45) is 5.41 Å². The third-order valence-corrected chi connectivity index (χ3v) is 5.66. The first-order valence-corrected chi connectivity index (χ1v) is 11.5. The lowest BCUT2D eigenvalue weighted by Gasteiger charge is -2.32. The Bertz CT molecular complexity index is 980. The molecule has 33 heavy (non-hydrogen) atoms. The molecule has 0 unspecified atom stereocenters. The number of allylic oxidation sites excluding steroid dienone is 9. The summed E-state index contributed by atoms with van der Waals surface area (Å²) in [7, 11) is 0. The minimum atomic E-state index is -0.457. The maximum absolute atomic E-state index is 12.0. The van der Waals surface area contributed by atoms with Gasteiger partial charge in [-0.2, -0.15) is 0 Å². The quantitative estimate of drug-likeness (QED) is 0.221. The molecular weight excluding hydrogens is 412 g/mol. The highest BCUT2D eigenvalue weighted by molar-refractivity contribution is 5.89. The fourth-order valence-electron chi connectivity index (χ4n) is 3.82. The van der Waals surface area contributed by atoms with E-state index in [1.807, 2.05) is 25.2 Å². The highest BCUT2D eigenvalue weighted by Gasteiger charge is 2.26. The molecule has 0 fully saturated rings. The van der Waals surface area contributed by atoms with Crippen LogP contribution < -0.4 is 5.32 Å². The monoisotopic (exact) mass is 448 g/mol. The highest BCUT2D eigenvalue weighted by Crippen LogP contribution is 2.40. The molecule has 0 saturated carbocycles. The molecule has 0 saturated heterocycles. The van der Waals surface area contributed by atoms with E-state index in [2.05, 4.69) is 50.1 Å². The summed E-state index contributed by atoms with van der Waals surface area (Å²) in [4.78, 5) is 27.7. The van der Waals surface area contributed by atoms with E-state index in [9.17, 15) is 9.59 Å². The number of nitrogens with one attached hydrogen (secondary N) is 1. The highest BCUT2D eigenvalue weighted by atomic mass is 16.5. The van der Waals surface area contributed by atoms with Crippen LogP contribution in [0.4, 0.5) is 0 Å². The number of esters is 1. The van der Waals surface area contributed by atoms with E-state index in [0.29, 0.717) is 5.56 Å². The molecule has 0 aromatic carbocycles. The summed E-state index contributed by atoms with van der Waals surface area (Å²) in [5.41, 5.74) is 5.54. The molecule has 1 aliphatic carbocycles. The zero-order valence-electron chi connectivity index (χ0n) is 20.5. The fraction of sp³-hybridized carbons (Fsp3) is 0.393. The number of hydrogen-bond acceptors (Lipinski definition) is 4. The van der Waals surface area contributed by atoms with Gasteiger partial charge in [0.15, 0.2) is 0 Å². The minimum Gasteiger partial charge on any atom is -0.460 e. The van der Waals surface area contributed by atoms with Crippen molar-refractivity contribution in [2.75, 3.05) is 13.2 Å². The van der Waals surface area contributed by atoms with Crippen molar-refractivity contribution in [3.05, 3.63) is 88.8 Å². The molecule has 2 rings (SSSR count). The van der Waals surface area contributed by atoms with Gasteiger partial charge >= 0.3 is 5.97 Å². The van der Waals surface area contributed by atoms with Gasteiger partial charge in [0.2, 0.25) is 5.91 Å². The first-order chi connectivity index (χ1) is 15.7. The molecule has 1 heterocycles. The van der Waals surface area contributed by atoms with Gasteiger partial charge in [-0.25, -0.2) is 4.79 Å². The minimum absolute atomic E-state index is 0.100. The summed E-state index contributed by atoms with van der Waals surface area (Å²) in [6.45, 7) is 11.2. The molecule has 1 amide bonds. The predicted octanol–water partition coefficient (Wildman–Crippen LogP) is 5.89. The molecule has 1 aromatic heterocycles. The molecule has 0 bridgehead atoms. The van der Waals surface area contributed by atoms with Gasteiger partial charge in [0.05, 0.1) is 12.1 Å². The number of pyridine rings is 1. The summed E-state index contributed by atoms with van der Waals surface area (Å²) >= 11 is 0. The summed E-state index contributed by atoms with van der Waals surface area (Å²) in [6, 6.07) is 3.30. The van der Waals surface area contributed by atoms with E-state index in [1.165, 1.54) is 42.7 Å². The van der Waals surface area contributed by atoms with Crippen LogP contribution in [0.3, 0.4) is 0 Å². The largest absolute Gasteiger partial charge is 0.460 e. The van der Waals surface area contributed by atoms with Gasteiger partial charge in [-0.05, 0) is 68.7 Å². The van der Waals surface area contributed by atoms with Gasteiger partial charge in [-0.3, -0.25) is 9.78 Å². The molecule has 176 valence electrons. The maximum Gasteiger partial charge on any atom is 0.339 e. The lowest BCUT2D eigenvalue weighted by molar-refractivity contribution is -0.116. The van der Waals surface area contributed by atoms with E-state index in [0.717, 1.165) is 11.1 Å². The zero-order chi connectivity index (χ0) is 24.3. The first kappa shape index (κ1) is 26.0. The van der Waals surface area contributed by atoms with Crippen molar-refractivity contribution < 1.29 is 14.3 Å². The Morgan fingerprint density at radius 2 is 2.00 bits per heavy atom. The van der Waals surface area contributed by atoms with Gasteiger partial charge in [0.1, 0.15) is 6.61 Å². The normalized spacial score (nSPS) is 17.0. The van der Waals surface area contributed by atoms with E-state index < -0.39 is 5.97 Å². The molecule has 1 N–H and O–H groups in total. The third-order valence-electron chi connectivity index (χ3n) is 5.66. The molecule has 1 aliphatic rings. The van der Waals surface area contributed by atoms with Gasteiger partial charge in [-0.1, -0.05) is 55.4 Å². The van der Waals surface area contributed by atoms with Crippen molar-refractivity contribution in [2.45, 2.75) is 53.9 Å². The Morgan fingerprint density at radius 1 is 1.21 bits per heavy atom. The van der Waals surface area contributed by atoms with Gasteiger partial charge in [-0.15, -0.1) is 0 Å². The number of carbonyl (C=O) groups is 2. The molecule has 0 aliphatic heterocycles. The van der Waals surface area contributed by atoms with Gasteiger partial charge < -0.3 is 10.1 Å². The Morgan fingerprint density at radius 3 is 2.70 bits per heavy atom. The summed E-state index contributed by atoms with van der Waals surface area (Å²) in [6.07, 6.45) is 18.5. The molecule has 5 nitrogen and oxygen atoms in total. The molecule has 0 radical (unpaired) electrons. The van der Waals surface area contributed by atoms with Crippen LogP contribution >= 0.6 is 0 Å². The van der Waals surface area contributed by atoms with Crippen molar-refractivity contribution in [1.82, 2.24) is 10.3 Å². The van der Waals surface area contributed by atoms with Crippen molar-refractivity contribution in [3.63, 3.8) is 0 Å². The zero-order valence-corrected chi connectivity index (χ0v) is 20.5. The Labute approximate surface area is 198 Å². The van der Waals surface area contributed by atoms with Crippen molar-refractivity contribution in [3.8, 4) is 0 Å². The topological polar surface area (TPSA) is 68.3 Å². The average Bonchev–Trinajstić information content (AvgIpc) is 2.76. The van der Waals surface area contributed by atoms with Crippen LogP contribution in [0.2, 0.25) is 0 Å². The third kappa shape index (κ3) is 9.05. The first-order valence-electron chi connectivity index (χ1n) is 11.5. The number of rotatable bonds is 9. The van der Waals surface area contributed by atoms with Crippen molar-refractivity contribution in [1.29, 1.82) is 0 Å². The standard InChI is InChI=1S/C28H36N2O3/c1-21(13-14-25-23(3)11-7-15-28(25,4)5)9-6-10-22(2)19-26(31)30-17-18-33-27(32)24-12-8-16-29-20-24/h6,8-10,12-14,16,19-20H,7,11,15,17-18H2,1-5H3,(H,30,31)/b10-6+,14-13+,21-9+,22-19+. The van der Waals surface area contributed by atoms with Gasteiger partial charge in [0.25, 0.3) is 0 Å². The van der Waals surface area contributed by atoms with E-state index in [1.54, 1.807) is 18.3 Å². The average molecular weight is 449 g/mol. The number of nitrogens with zero attached hydrogens (tertiary/aromatic N) is 1. The number of ether oxygens (including phenoxy) is 1. The smallest absolute Gasteiger partial charge is 0.339 e. The van der Waals surface area contributed by atoms with Crippen LogP contribution in [0.15, 0.2) is 83.3 Å². The van der Waals surface area contributed by atoms with E-state index >= 15 is 0 Å². The van der Waals surface area contributed by atoms with Crippen LogP contribution in [0, 0.1) is 5.41 Å². The molecule has 0 spiro atoms. The second kappa shape index (κ2) is 12.7. The Hall–Kier alpha value is -3.21. The summed E-state index contributed by atoms with van der Waals surface area (Å²) in [5, 5.41) is 2.71. The molecule has 5 heteroatoms. The van der Waals surface area contributed by atoms with Crippen LogP contribution in [-0.2, 0) is 9.53 Å². The second-order valence-electron chi connectivity index (χ2n) is 9.09. The predicted molar refractivity (Wildman–Crippen MR) is 134 cm³/mol. The lowest BCUT2D eigenvalue weighted by Crippen LogP contribution is -2.26. The van der Waals surface area contributed by atoms with Crippen LogP contribution in [0.1, 0.15) is 64.2 Å². The molecular formula is C28H36N2O3. The van der Waals surface area contributed by atoms with E-state index in [4.69, 9.17) is 4.74 Å². The fourth-order valence-corrected chi connectivity index (χ4v) is 3.82. The maximum atomic E-state index is 12.0. The Balaban J connectivity index is 1.78. The van der Waals surface area contributed by atoms with Crippen molar-refractivity contribution >= 4 is 11.9 Å². The van der Waals surface area contributed by atoms with E-state index in [-0.39, 0.29) is 24.5 Å². The molecule has 1 aromatic rings.